The van der Waals surface area contributed by atoms with Gasteiger partial charge in [0.1, 0.15) is 0 Å². The van der Waals surface area contributed by atoms with Crippen LogP contribution in [0.15, 0.2) is 67.1 Å². The summed E-state index contributed by atoms with van der Waals surface area (Å²) in [5.74, 6) is -0.583. The molecule has 0 aliphatic heterocycles. The Morgan fingerprint density at radius 1 is 1.00 bits per heavy atom. The normalized spacial score (nSPS) is 11.2. The molecule has 0 radical (unpaired) electrons. The SMILES string of the molecule is O=C(NCc1cccnc1-c1ccncc1)c1cccc(C(F)(F)F)c1. The number of amides is 1. The number of benzene rings is 1. The highest BCUT2D eigenvalue weighted by atomic mass is 19.4. The van der Waals surface area contributed by atoms with Crippen LogP contribution < -0.4 is 5.32 Å². The molecule has 1 aromatic carbocycles. The predicted molar refractivity (Wildman–Crippen MR) is 90.1 cm³/mol. The minimum absolute atomic E-state index is 0.0471. The summed E-state index contributed by atoms with van der Waals surface area (Å²) < 4.78 is 38.3. The van der Waals surface area contributed by atoms with Gasteiger partial charge in [-0.3, -0.25) is 14.8 Å². The van der Waals surface area contributed by atoms with Crippen molar-refractivity contribution in [3.63, 3.8) is 0 Å². The van der Waals surface area contributed by atoms with Crippen molar-refractivity contribution >= 4 is 5.91 Å². The number of carbonyl (C=O) groups excluding carboxylic acids is 1. The number of hydrogen-bond donors (Lipinski definition) is 1. The highest BCUT2D eigenvalue weighted by Crippen LogP contribution is 2.29. The summed E-state index contributed by atoms with van der Waals surface area (Å²) in [6.45, 7) is 0.139. The maximum atomic E-state index is 12.8. The van der Waals surface area contributed by atoms with Crippen LogP contribution in [0.2, 0.25) is 0 Å². The molecule has 0 saturated carbocycles. The third kappa shape index (κ3) is 4.05. The van der Waals surface area contributed by atoms with Gasteiger partial charge in [0.15, 0.2) is 0 Å². The zero-order chi connectivity index (χ0) is 18.6. The van der Waals surface area contributed by atoms with Gasteiger partial charge in [0, 0.05) is 36.3 Å². The van der Waals surface area contributed by atoms with Crippen LogP contribution in [0.5, 0.6) is 0 Å². The van der Waals surface area contributed by atoms with Gasteiger partial charge in [0.2, 0.25) is 0 Å². The van der Waals surface area contributed by atoms with Crippen LogP contribution in [0, 0.1) is 0 Å². The van der Waals surface area contributed by atoms with Crippen LogP contribution in [0.4, 0.5) is 13.2 Å². The predicted octanol–water partition coefficient (Wildman–Crippen LogP) is 4.09. The number of pyridine rings is 2. The molecule has 4 nitrogen and oxygen atoms in total. The minimum atomic E-state index is -4.49. The highest BCUT2D eigenvalue weighted by Gasteiger charge is 2.30. The first-order chi connectivity index (χ1) is 12.4. The average molecular weight is 357 g/mol. The third-order valence-corrected chi connectivity index (χ3v) is 3.74. The maximum absolute atomic E-state index is 12.8. The Bertz CT molecular complexity index is 911. The summed E-state index contributed by atoms with van der Waals surface area (Å²) in [5.41, 5.74) is 1.36. The highest BCUT2D eigenvalue weighted by molar-refractivity contribution is 5.94. The fraction of sp³-hybridized carbons (Fsp3) is 0.105. The van der Waals surface area contributed by atoms with E-state index in [1.165, 1.54) is 12.1 Å². The van der Waals surface area contributed by atoms with Gasteiger partial charge >= 0.3 is 6.18 Å². The van der Waals surface area contributed by atoms with Gasteiger partial charge in [-0.25, -0.2) is 0 Å². The first kappa shape index (κ1) is 17.6. The molecule has 3 aromatic rings. The van der Waals surface area contributed by atoms with E-state index >= 15 is 0 Å². The van der Waals surface area contributed by atoms with Crippen LogP contribution in [0.25, 0.3) is 11.3 Å². The Balaban J connectivity index is 1.77. The summed E-state index contributed by atoms with van der Waals surface area (Å²) in [7, 11) is 0. The first-order valence-electron chi connectivity index (χ1n) is 7.75. The second-order valence-electron chi connectivity index (χ2n) is 5.51. The molecule has 0 aliphatic rings. The van der Waals surface area contributed by atoms with Crippen LogP contribution in [0.1, 0.15) is 21.5 Å². The van der Waals surface area contributed by atoms with Gasteiger partial charge in [0.05, 0.1) is 11.3 Å². The summed E-state index contributed by atoms with van der Waals surface area (Å²) >= 11 is 0. The summed E-state index contributed by atoms with van der Waals surface area (Å²) in [6, 6.07) is 11.4. The second kappa shape index (κ2) is 7.35. The van der Waals surface area contributed by atoms with E-state index in [0.29, 0.717) is 5.69 Å². The van der Waals surface area contributed by atoms with E-state index in [1.807, 2.05) is 0 Å². The molecule has 1 N–H and O–H groups in total. The van der Waals surface area contributed by atoms with Crippen molar-refractivity contribution in [1.82, 2.24) is 15.3 Å². The summed E-state index contributed by atoms with van der Waals surface area (Å²) in [5, 5.41) is 2.64. The molecular weight excluding hydrogens is 343 g/mol. The quantitative estimate of drug-likeness (QED) is 0.765. The standard InChI is InChI=1S/C19H14F3N3O/c20-19(21,22)16-5-1-3-14(11-16)18(26)25-12-15-4-2-8-24-17(15)13-6-9-23-10-7-13/h1-11H,12H2,(H,25,26). The molecule has 26 heavy (non-hydrogen) atoms. The fourth-order valence-electron chi connectivity index (χ4n) is 2.47. The van der Waals surface area contributed by atoms with E-state index in [1.54, 1.807) is 42.9 Å². The molecule has 0 aliphatic carbocycles. The molecule has 0 saturated heterocycles. The zero-order valence-electron chi connectivity index (χ0n) is 13.5. The van der Waals surface area contributed by atoms with E-state index in [-0.39, 0.29) is 12.1 Å². The monoisotopic (exact) mass is 357 g/mol. The average Bonchev–Trinajstić information content (AvgIpc) is 2.66. The van der Waals surface area contributed by atoms with Crippen molar-refractivity contribution in [2.75, 3.05) is 0 Å². The molecule has 0 atom stereocenters. The summed E-state index contributed by atoms with van der Waals surface area (Å²) in [6.07, 6.45) is 0.409. The lowest BCUT2D eigenvalue weighted by Crippen LogP contribution is -2.23. The first-order valence-corrected chi connectivity index (χ1v) is 7.75. The molecule has 0 spiro atoms. The number of carbonyl (C=O) groups is 1. The topological polar surface area (TPSA) is 54.9 Å². The Kier molecular flexibility index (Phi) is 4.97. The van der Waals surface area contributed by atoms with Crippen molar-refractivity contribution < 1.29 is 18.0 Å². The van der Waals surface area contributed by atoms with Crippen molar-refractivity contribution in [1.29, 1.82) is 0 Å². The second-order valence-corrected chi connectivity index (χ2v) is 5.51. The molecule has 7 heteroatoms. The van der Waals surface area contributed by atoms with Crippen molar-refractivity contribution in [3.8, 4) is 11.3 Å². The van der Waals surface area contributed by atoms with Crippen LogP contribution in [-0.4, -0.2) is 15.9 Å². The molecule has 2 heterocycles. The van der Waals surface area contributed by atoms with Gasteiger partial charge in [-0.1, -0.05) is 12.1 Å². The van der Waals surface area contributed by atoms with Crippen molar-refractivity contribution in [3.05, 3.63) is 83.8 Å². The number of nitrogens with zero attached hydrogens (tertiary/aromatic N) is 2. The molecule has 0 bridgehead atoms. The van der Waals surface area contributed by atoms with Gasteiger partial charge in [-0.15, -0.1) is 0 Å². The number of alkyl halides is 3. The van der Waals surface area contributed by atoms with Crippen LogP contribution in [-0.2, 0) is 12.7 Å². The number of hydrogen-bond acceptors (Lipinski definition) is 3. The van der Waals surface area contributed by atoms with E-state index in [0.717, 1.165) is 23.3 Å². The molecule has 1 amide bonds. The molecule has 132 valence electrons. The zero-order valence-corrected chi connectivity index (χ0v) is 13.5. The molecule has 0 unspecified atom stereocenters. The van der Waals surface area contributed by atoms with Gasteiger partial charge in [0.25, 0.3) is 5.91 Å². The van der Waals surface area contributed by atoms with Crippen molar-refractivity contribution in [2.24, 2.45) is 0 Å². The number of nitrogens with one attached hydrogen (secondary N) is 1. The Hall–Kier alpha value is -3.22. The fourth-order valence-corrected chi connectivity index (χ4v) is 2.47. The largest absolute Gasteiger partial charge is 0.416 e. The number of rotatable bonds is 4. The van der Waals surface area contributed by atoms with Crippen molar-refractivity contribution in [2.45, 2.75) is 12.7 Å². The minimum Gasteiger partial charge on any atom is -0.348 e. The maximum Gasteiger partial charge on any atom is 0.416 e. The van der Waals surface area contributed by atoms with Crippen LogP contribution >= 0.6 is 0 Å². The van der Waals surface area contributed by atoms with Gasteiger partial charge in [-0.2, -0.15) is 13.2 Å². The molecular formula is C19H14F3N3O. The van der Waals surface area contributed by atoms with Gasteiger partial charge in [-0.05, 0) is 42.0 Å². The smallest absolute Gasteiger partial charge is 0.348 e. The Morgan fingerprint density at radius 3 is 2.50 bits per heavy atom. The van der Waals surface area contributed by atoms with Crippen LogP contribution in [0.3, 0.4) is 0 Å². The Morgan fingerprint density at radius 2 is 1.77 bits per heavy atom. The lowest BCUT2D eigenvalue weighted by atomic mass is 10.1. The number of aromatic nitrogens is 2. The lowest BCUT2D eigenvalue weighted by Gasteiger charge is -2.11. The molecule has 3 rings (SSSR count). The van der Waals surface area contributed by atoms with E-state index in [9.17, 15) is 18.0 Å². The van der Waals surface area contributed by atoms with E-state index in [2.05, 4.69) is 15.3 Å². The molecule has 2 aromatic heterocycles. The van der Waals surface area contributed by atoms with E-state index < -0.39 is 17.6 Å². The van der Waals surface area contributed by atoms with Gasteiger partial charge < -0.3 is 5.32 Å². The lowest BCUT2D eigenvalue weighted by molar-refractivity contribution is -0.137. The number of halogens is 3. The Labute approximate surface area is 147 Å². The summed E-state index contributed by atoms with van der Waals surface area (Å²) in [4.78, 5) is 20.5. The third-order valence-electron chi connectivity index (χ3n) is 3.74. The van der Waals surface area contributed by atoms with E-state index in [4.69, 9.17) is 0 Å². The molecule has 0 fully saturated rings.